The predicted molar refractivity (Wildman–Crippen MR) is 81.1 cm³/mol. The summed E-state index contributed by atoms with van der Waals surface area (Å²) in [7, 11) is 1.63. The molecule has 0 heterocycles. The van der Waals surface area contributed by atoms with Crippen LogP contribution in [0.25, 0.3) is 0 Å². The number of methoxy groups -OCH3 is 1. The first-order chi connectivity index (χ1) is 9.63. The minimum Gasteiger partial charge on any atom is -0.497 e. The van der Waals surface area contributed by atoms with Gasteiger partial charge in [0.1, 0.15) is 23.9 Å². The van der Waals surface area contributed by atoms with Crippen LogP contribution < -0.4 is 9.47 Å². The molecular formula is C16H16BrFO2. The van der Waals surface area contributed by atoms with E-state index >= 15 is 0 Å². The Morgan fingerprint density at radius 2 is 1.90 bits per heavy atom. The van der Waals surface area contributed by atoms with Crippen LogP contribution in [0, 0.1) is 12.7 Å². The number of hydrogen-bond donors (Lipinski definition) is 0. The lowest BCUT2D eigenvalue weighted by atomic mass is 10.1. The van der Waals surface area contributed by atoms with E-state index in [0.29, 0.717) is 11.9 Å². The molecule has 0 saturated heterocycles. The topological polar surface area (TPSA) is 18.5 Å². The summed E-state index contributed by atoms with van der Waals surface area (Å²) in [5.74, 6) is 1.37. The van der Waals surface area contributed by atoms with Gasteiger partial charge in [-0.05, 0) is 48.4 Å². The molecule has 0 unspecified atom stereocenters. The molecule has 0 atom stereocenters. The molecular weight excluding hydrogens is 323 g/mol. The Bertz CT molecular complexity index is 599. The first-order valence-electron chi connectivity index (χ1n) is 6.24. The van der Waals surface area contributed by atoms with Crippen molar-refractivity contribution in [1.29, 1.82) is 0 Å². The van der Waals surface area contributed by atoms with E-state index in [1.54, 1.807) is 13.2 Å². The van der Waals surface area contributed by atoms with Gasteiger partial charge in [-0.3, -0.25) is 0 Å². The van der Waals surface area contributed by atoms with E-state index in [1.807, 2.05) is 25.1 Å². The number of aryl methyl sites for hydroxylation is 1. The van der Waals surface area contributed by atoms with Crippen molar-refractivity contribution in [2.24, 2.45) is 0 Å². The number of halogens is 2. The maximum atomic E-state index is 13.1. The molecule has 2 nitrogen and oxygen atoms in total. The van der Waals surface area contributed by atoms with Crippen LogP contribution in [0.1, 0.15) is 16.7 Å². The summed E-state index contributed by atoms with van der Waals surface area (Å²) < 4.78 is 24.1. The van der Waals surface area contributed by atoms with Crippen LogP contribution in [0.4, 0.5) is 4.39 Å². The summed E-state index contributed by atoms with van der Waals surface area (Å²) in [5, 5.41) is 0.682. The van der Waals surface area contributed by atoms with E-state index < -0.39 is 0 Å². The molecule has 0 fully saturated rings. The monoisotopic (exact) mass is 338 g/mol. The summed E-state index contributed by atoms with van der Waals surface area (Å²) in [6, 6.07) is 10.4. The van der Waals surface area contributed by atoms with Gasteiger partial charge in [0, 0.05) is 10.9 Å². The molecule has 0 radical (unpaired) electrons. The first-order valence-corrected chi connectivity index (χ1v) is 7.37. The number of alkyl halides is 1. The van der Waals surface area contributed by atoms with Crippen molar-refractivity contribution in [3.8, 4) is 11.5 Å². The number of rotatable bonds is 5. The van der Waals surface area contributed by atoms with Gasteiger partial charge in [-0.15, -0.1) is 0 Å². The molecule has 0 aromatic heterocycles. The molecule has 2 aromatic carbocycles. The fourth-order valence-corrected chi connectivity index (χ4v) is 2.34. The molecule has 0 aliphatic rings. The lowest BCUT2D eigenvalue weighted by Gasteiger charge is -2.13. The highest BCUT2D eigenvalue weighted by molar-refractivity contribution is 9.08. The van der Waals surface area contributed by atoms with Gasteiger partial charge < -0.3 is 9.47 Å². The maximum Gasteiger partial charge on any atom is 0.124 e. The Labute approximate surface area is 126 Å². The summed E-state index contributed by atoms with van der Waals surface area (Å²) in [5.41, 5.74) is 2.88. The summed E-state index contributed by atoms with van der Waals surface area (Å²) in [6.45, 7) is 2.29. The van der Waals surface area contributed by atoms with Crippen molar-refractivity contribution in [3.05, 3.63) is 58.9 Å². The summed E-state index contributed by atoms with van der Waals surface area (Å²) >= 11 is 3.44. The van der Waals surface area contributed by atoms with Crippen LogP contribution in [0.15, 0.2) is 36.4 Å². The molecule has 2 rings (SSSR count). The van der Waals surface area contributed by atoms with E-state index in [0.717, 1.165) is 28.2 Å². The highest BCUT2D eigenvalue weighted by atomic mass is 79.9. The van der Waals surface area contributed by atoms with Crippen molar-refractivity contribution in [2.75, 3.05) is 7.11 Å². The van der Waals surface area contributed by atoms with E-state index in [9.17, 15) is 4.39 Å². The average Bonchev–Trinajstić information content (AvgIpc) is 2.46. The highest BCUT2D eigenvalue weighted by Gasteiger charge is 2.06. The standard InChI is InChI=1S/C16H16BrFO2/c1-11-7-14(18)4-3-12(11)10-20-16-6-5-15(19-2)8-13(16)9-17/h3-8H,9-10H2,1-2H3. The minimum absolute atomic E-state index is 0.225. The Hall–Kier alpha value is -1.55. The lowest BCUT2D eigenvalue weighted by Crippen LogP contribution is -2.00. The Balaban J connectivity index is 2.14. The van der Waals surface area contributed by atoms with Gasteiger partial charge in [0.15, 0.2) is 0 Å². The first kappa shape index (κ1) is 14.9. The third-order valence-corrected chi connectivity index (χ3v) is 3.70. The molecule has 106 valence electrons. The van der Waals surface area contributed by atoms with Crippen LogP contribution in [0.5, 0.6) is 11.5 Å². The fraction of sp³-hybridized carbons (Fsp3) is 0.250. The molecule has 0 saturated carbocycles. The van der Waals surface area contributed by atoms with Crippen molar-refractivity contribution in [3.63, 3.8) is 0 Å². The zero-order chi connectivity index (χ0) is 14.5. The summed E-state index contributed by atoms with van der Waals surface area (Å²) in [4.78, 5) is 0. The Morgan fingerprint density at radius 1 is 1.10 bits per heavy atom. The van der Waals surface area contributed by atoms with E-state index in [2.05, 4.69) is 15.9 Å². The SMILES string of the molecule is COc1ccc(OCc2ccc(F)cc2C)c(CBr)c1. The molecule has 20 heavy (non-hydrogen) atoms. The van der Waals surface area contributed by atoms with Crippen LogP contribution in [-0.4, -0.2) is 7.11 Å². The van der Waals surface area contributed by atoms with Gasteiger partial charge in [0.2, 0.25) is 0 Å². The van der Waals surface area contributed by atoms with Crippen molar-refractivity contribution in [1.82, 2.24) is 0 Å². The van der Waals surface area contributed by atoms with Gasteiger partial charge in [-0.2, -0.15) is 0 Å². The smallest absolute Gasteiger partial charge is 0.124 e. The molecule has 4 heteroatoms. The molecule has 0 spiro atoms. The third-order valence-electron chi connectivity index (χ3n) is 3.10. The number of benzene rings is 2. The van der Waals surface area contributed by atoms with Crippen molar-refractivity contribution < 1.29 is 13.9 Å². The molecule has 0 N–H and O–H groups in total. The second-order valence-corrected chi connectivity index (χ2v) is 5.03. The van der Waals surface area contributed by atoms with Crippen LogP contribution >= 0.6 is 15.9 Å². The predicted octanol–water partition coefficient (Wildman–Crippen LogP) is 4.62. The van der Waals surface area contributed by atoms with Crippen LogP contribution in [0.3, 0.4) is 0 Å². The Morgan fingerprint density at radius 3 is 2.55 bits per heavy atom. The van der Waals surface area contributed by atoms with E-state index in [4.69, 9.17) is 9.47 Å². The van der Waals surface area contributed by atoms with Gasteiger partial charge in [0.05, 0.1) is 7.11 Å². The quantitative estimate of drug-likeness (QED) is 0.741. The van der Waals surface area contributed by atoms with E-state index in [1.165, 1.54) is 12.1 Å². The van der Waals surface area contributed by atoms with E-state index in [-0.39, 0.29) is 5.82 Å². The van der Waals surface area contributed by atoms with Crippen molar-refractivity contribution in [2.45, 2.75) is 18.9 Å². The Kier molecular flexibility index (Phi) is 5.01. The molecule has 0 bridgehead atoms. The minimum atomic E-state index is -0.225. The zero-order valence-electron chi connectivity index (χ0n) is 11.5. The second kappa shape index (κ2) is 6.75. The lowest BCUT2D eigenvalue weighted by molar-refractivity contribution is 0.302. The molecule has 2 aromatic rings. The van der Waals surface area contributed by atoms with Gasteiger partial charge in [0.25, 0.3) is 0 Å². The fourth-order valence-electron chi connectivity index (χ4n) is 1.90. The second-order valence-electron chi connectivity index (χ2n) is 4.47. The highest BCUT2D eigenvalue weighted by Crippen LogP contribution is 2.27. The average molecular weight is 339 g/mol. The molecule has 0 aliphatic heterocycles. The van der Waals surface area contributed by atoms with Crippen molar-refractivity contribution >= 4 is 15.9 Å². The zero-order valence-corrected chi connectivity index (χ0v) is 13.0. The van der Waals surface area contributed by atoms with Gasteiger partial charge in [-0.1, -0.05) is 22.0 Å². The largest absolute Gasteiger partial charge is 0.497 e. The van der Waals surface area contributed by atoms with Crippen LogP contribution in [0.2, 0.25) is 0 Å². The normalized spacial score (nSPS) is 10.4. The van der Waals surface area contributed by atoms with Crippen LogP contribution in [-0.2, 0) is 11.9 Å². The maximum absolute atomic E-state index is 13.1. The van der Waals surface area contributed by atoms with Gasteiger partial charge >= 0.3 is 0 Å². The number of hydrogen-bond acceptors (Lipinski definition) is 2. The summed E-state index contributed by atoms with van der Waals surface area (Å²) in [6.07, 6.45) is 0. The van der Waals surface area contributed by atoms with Gasteiger partial charge in [-0.25, -0.2) is 4.39 Å². The third kappa shape index (κ3) is 3.51. The molecule has 0 aliphatic carbocycles. The molecule has 0 amide bonds. The number of ether oxygens (including phenoxy) is 2.